The Kier molecular flexibility index (Phi) is 5.28. The molecule has 0 radical (unpaired) electrons. The molecule has 0 spiro atoms. The van der Waals surface area contributed by atoms with Crippen molar-refractivity contribution in [3.63, 3.8) is 0 Å². The lowest BCUT2D eigenvalue weighted by atomic mass is 10.1. The molecule has 138 valence electrons. The van der Waals surface area contributed by atoms with Crippen LogP contribution in [-0.4, -0.2) is 28.8 Å². The quantitative estimate of drug-likeness (QED) is 0.643. The lowest BCUT2D eigenvalue weighted by Gasteiger charge is -2.09. The minimum absolute atomic E-state index is 0.0343. The smallest absolute Gasteiger partial charge is 0.273 e. The number of benzene rings is 2. The Hall–Kier alpha value is -4.25. The molecule has 3 rings (SSSR count). The molecule has 0 saturated heterocycles. The Morgan fingerprint density at radius 3 is 2.54 bits per heavy atom. The first-order valence-electron chi connectivity index (χ1n) is 8.28. The molecule has 2 aromatic carbocycles. The van der Waals surface area contributed by atoms with Crippen molar-refractivity contribution < 1.29 is 9.59 Å². The minimum atomic E-state index is -0.433. The fourth-order valence-electron chi connectivity index (χ4n) is 2.48. The molecular weight excluding hydrogens is 356 g/mol. The zero-order chi connectivity index (χ0) is 20.1. The second kappa shape index (κ2) is 7.97. The number of nitrogens with two attached hydrogens (primary N) is 1. The number of anilines is 2. The maximum Gasteiger partial charge on any atom is 0.273 e. The SMILES string of the molecule is CNC(=O)c1nc(-c2cccc(NC(=O)c3ccc(C#N)cc3)c2)cnc1N. The topological polar surface area (TPSA) is 134 Å². The van der Waals surface area contributed by atoms with Gasteiger partial charge in [-0.1, -0.05) is 12.1 Å². The predicted octanol–water partition coefficient (Wildman–Crippen LogP) is 2.21. The van der Waals surface area contributed by atoms with Crippen LogP contribution in [0.25, 0.3) is 11.3 Å². The summed E-state index contributed by atoms with van der Waals surface area (Å²) in [5, 5.41) is 14.1. The van der Waals surface area contributed by atoms with Gasteiger partial charge in [-0.25, -0.2) is 9.97 Å². The molecule has 0 atom stereocenters. The summed E-state index contributed by atoms with van der Waals surface area (Å²) in [5.74, 6) is -0.707. The van der Waals surface area contributed by atoms with Gasteiger partial charge < -0.3 is 16.4 Å². The molecule has 8 nitrogen and oxygen atoms in total. The standard InChI is InChI=1S/C20H16N6O2/c1-23-20(28)17-18(22)24-11-16(26-17)14-3-2-4-15(9-14)25-19(27)13-7-5-12(10-21)6-8-13/h2-9,11H,1H3,(H2,22,24)(H,23,28)(H,25,27). The number of nitriles is 1. The third-order valence-corrected chi connectivity index (χ3v) is 3.94. The van der Waals surface area contributed by atoms with Crippen LogP contribution in [0.3, 0.4) is 0 Å². The Bertz CT molecular complexity index is 1090. The highest BCUT2D eigenvalue weighted by molar-refractivity contribution is 6.04. The number of aromatic nitrogens is 2. The molecule has 0 saturated carbocycles. The highest BCUT2D eigenvalue weighted by Gasteiger charge is 2.14. The van der Waals surface area contributed by atoms with Crippen molar-refractivity contribution in [2.75, 3.05) is 18.1 Å². The number of nitrogen functional groups attached to an aromatic ring is 1. The zero-order valence-corrected chi connectivity index (χ0v) is 14.9. The molecular formula is C20H16N6O2. The summed E-state index contributed by atoms with van der Waals surface area (Å²) >= 11 is 0. The van der Waals surface area contributed by atoms with Gasteiger partial charge in [0.1, 0.15) is 0 Å². The lowest BCUT2D eigenvalue weighted by Crippen LogP contribution is -2.21. The molecule has 8 heteroatoms. The molecule has 2 amide bonds. The van der Waals surface area contributed by atoms with Crippen LogP contribution in [0.5, 0.6) is 0 Å². The van der Waals surface area contributed by atoms with Gasteiger partial charge in [0, 0.05) is 23.9 Å². The first-order chi connectivity index (χ1) is 13.5. The number of hydrogen-bond donors (Lipinski definition) is 3. The summed E-state index contributed by atoms with van der Waals surface area (Å²) in [7, 11) is 1.48. The van der Waals surface area contributed by atoms with Crippen LogP contribution < -0.4 is 16.4 Å². The van der Waals surface area contributed by atoms with Gasteiger partial charge in [0.05, 0.1) is 23.5 Å². The van der Waals surface area contributed by atoms with Gasteiger partial charge in [0.2, 0.25) is 0 Å². The molecule has 3 aromatic rings. The van der Waals surface area contributed by atoms with Crippen LogP contribution in [-0.2, 0) is 0 Å². The van der Waals surface area contributed by atoms with Crippen molar-refractivity contribution in [1.82, 2.24) is 15.3 Å². The minimum Gasteiger partial charge on any atom is -0.382 e. The van der Waals surface area contributed by atoms with Crippen LogP contribution in [0.1, 0.15) is 26.4 Å². The second-order valence-electron chi connectivity index (χ2n) is 5.79. The van der Waals surface area contributed by atoms with Crippen molar-refractivity contribution in [3.8, 4) is 17.3 Å². The molecule has 1 heterocycles. The van der Waals surface area contributed by atoms with E-state index in [-0.39, 0.29) is 17.4 Å². The van der Waals surface area contributed by atoms with Crippen LogP contribution in [0.4, 0.5) is 11.5 Å². The number of nitrogens with zero attached hydrogens (tertiary/aromatic N) is 3. The monoisotopic (exact) mass is 372 g/mol. The van der Waals surface area contributed by atoms with E-state index in [9.17, 15) is 9.59 Å². The van der Waals surface area contributed by atoms with E-state index in [1.165, 1.54) is 13.2 Å². The molecule has 0 bridgehead atoms. The third kappa shape index (κ3) is 3.94. The van der Waals surface area contributed by atoms with Crippen molar-refractivity contribution in [2.24, 2.45) is 0 Å². The van der Waals surface area contributed by atoms with Crippen molar-refractivity contribution in [2.45, 2.75) is 0 Å². The molecule has 1 aromatic heterocycles. The normalized spacial score (nSPS) is 10.0. The molecule has 0 aliphatic carbocycles. The number of nitrogens with one attached hydrogen (secondary N) is 2. The fourth-order valence-corrected chi connectivity index (χ4v) is 2.48. The first-order valence-corrected chi connectivity index (χ1v) is 8.28. The van der Waals surface area contributed by atoms with E-state index >= 15 is 0 Å². The van der Waals surface area contributed by atoms with Gasteiger partial charge in [0.15, 0.2) is 11.5 Å². The van der Waals surface area contributed by atoms with E-state index in [1.807, 2.05) is 6.07 Å². The Balaban J connectivity index is 1.85. The van der Waals surface area contributed by atoms with Crippen molar-refractivity contribution >= 4 is 23.3 Å². The number of carbonyl (C=O) groups is 2. The maximum atomic E-state index is 12.4. The summed E-state index contributed by atoms with van der Waals surface area (Å²) in [5.41, 5.74) is 8.31. The zero-order valence-electron chi connectivity index (χ0n) is 14.9. The average Bonchev–Trinajstić information content (AvgIpc) is 2.73. The summed E-state index contributed by atoms with van der Waals surface area (Å²) in [6, 6.07) is 15.3. The summed E-state index contributed by atoms with van der Waals surface area (Å²) in [6.45, 7) is 0. The summed E-state index contributed by atoms with van der Waals surface area (Å²) in [6.07, 6.45) is 1.46. The van der Waals surface area contributed by atoms with E-state index in [2.05, 4.69) is 20.6 Å². The van der Waals surface area contributed by atoms with Crippen molar-refractivity contribution in [1.29, 1.82) is 5.26 Å². The van der Waals surface area contributed by atoms with Crippen LogP contribution >= 0.6 is 0 Å². The van der Waals surface area contributed by atoms with Crippen LogP contribution in [0, 0.1) is 11.3 Å². The molecule has 0 unspecified atom stereocenters. The van der Waals surface area contributed by atoms with E-state index in [4.69, 9.17) is 11.0 Å². The van der Waals surface area contributed by atoms with Crippen LogP contribution in [0.2, 0.25) is 0 Å². The maximum absolute atomic E-state index is 12.4. The highest BCUT2D eigenvalue weighted by atomic mass is 16.2. The molecule has 28 heavy (non-hydrogen) atoms. The average molecular weight is 372 g/mol. The Morgan fingerprint density at radius 2 is 1.86 bits per heavy atom. The van der Waals surface area contributed by atoms with Gasteiger partial charge in [-0.3, -0.25) is 9.59 Å². The lowest BCUT2D eigenvalue weighted by molar-refractivity contribution is 0.0958. The molecule has 0 aliphatic rings. The van der Waals surface area contributed by atoms with Crippen LogP contribution in [0.15, 0.2) is 54.7 Å². The predicted molar refractivity (Wildman–Crippen MR) is 104 cm³/mol. The third-order valence-electron chi connectivity index (χ3n) is 3.94. The molecule has 4 N–H and O–H groups in total. The second-order valence-corrected chi connectivity index (χ2v) is 5.79. The molecule has 0 aliphatic heterocycles. The fraction of sp³-hybridized carbons (Fsp3) is 0.0500. The van der Waals surface area contributed by atoms with E-state index in [0.717, 1.165) is 0 Å². The highest BCUT2D eigenvalue weighted by Crippen LogP contribution is 2.22. The Labute approximate surface area is 161 Å². The van der Waals surface area contributed by atoms with E-state index in [1.54, 1.807) is 48.5 Å². The summed E-state index contributed by atoms with van der Waals surface area (Å²) < 4.78 is 0. The van der Waals surface area contributed by atoms with Crippen molar-refractivity contribution in [3.05, 3.63) is 71.5 Å². The molecule has 0 fully saturated rings. The largest absolute Gasteiger partial charge is 0.382 e. The van der Waals surface area contributed by atoms with Gasteiger partial charge in [-0.15, -0.1) is 0 Å². The van der Waals surface area contributed by atoms with Gasteiger partial charge in [-0.2, -0.15) is 5.26 Å². The van der Waals surface area contributed by atoms with Gasteiger partial charge in [0.25, 0.3) is 11.8 Å². The van der Waals surface area contributed by atoms with E-state index < -0.39 is 5.91 Å². The number of hydrogen-bond acceptors (Lipinski definition) is 6. The number of rotatable bonds is 4. The van der Waals surface area contributed by atoms with E-state index in [0.29, 0.717) is 28.1 Å². The summed E-state index contributed by atoms with van der Waals surface area (Å²) in [4.78, 5) is 32.5. The Morgan fingerprint density at radius 1 is 1.11 bits per heavy atom. The van der Waals surface area contributed by atoms with Gasteiger partial charge in [-0.05, 0) is 36.4 Å². The number of carbonyl (C=O) groups excluding carboxylic acids is 2. The first kappa shape index (κ1) is 18.5. The number of amides is 2. The van der Waals surface area contributed by atoms with Gasteiger partial charge >= 0.3 is 0 Å².